The van der Waals surface area contributed by atoms with E-state index in [9.17, 15) is 0 Å². The van der Waals surface area contributed by atoms with E-state index in [4.69, 9.17) is 0 Å². The lowest BCUT2D eigenvalue weighted by molar-refractivity contribution is 1.28. The first-order valence-electron chi connectivity index (χ1n) is 5.18. The zero-order valence-corrected chi connectivity index (χ0v) is 10.2. The molecule has 14 heavy (non-hydrogen) atoms. The molecule has 0 unspecified atom stereocenters. The fourth-order valence-corrected chi connectivity index (χ4v) is 1.55. The van der Waals surface area contributed by atoms with Crippen LogP contribution >= 0.6 is 11.8 Å². The van der Waals surface area contributed by atoms with Crippen LogP contribution in [0.5, 0.6) is 0 Å². The van der Waals surface area contributed by atoms with Crippen LogP contribution < -0.4 is 0 Å². The van der Waals surface area contributed by atoms with Gasteiger partial charge in [0.1, 0.15) is 0 Å². The summed E-state index contributed by atoms with van der Waals surface area (Å²) in [4.78, 5) is 0. The van der Waals surface area contributed by atoms with Gasteiger partial charge < -0.3 is 0 Å². The van der Waals surface area contributed by atoms with Crippen molar-refractivity contribution < 1.29 is 0 Å². The Labute approximate surface area is 92.4 Å². The van der Waals surface area contributed by atoms with Crippen LogP contribution in [0.3, 0.4) is 0 Å². The van der Waals surface area contributed by atoms with E-state index in [1.54, 1.807) is 0 Å². The number of thioether (sulfide) groups is 1. The summed E-state index contributed by atoms with van der Waals surface area (Å²) in [6.45, 7) is 6.08. The van der Waals surface area contributed by atoms with Crippen LogP contribution in [0, 0.1) is 6.92 Å². The molecular formula is C13H20S. The molecule has 78 valence electrons. The van der Waals surface area contributed by atoms with Crippen LogP contribution in [0.15, 0.2) is 41.8 Å². The number of hydrogen-bond acceptors (Lipinski definition) is 1. The molecular weight excluding hydrogens is 188 g/mol. The minimum absolute atomic E-state index is 1.28. The largest absolute Gasteiger partial charge is 0.134 e. The van der Waals surface area contributed by atoms with Crippen molar-refractivity contribution in [1.82, 2.24) is 0 Å². The summed E-state index contributed by atoms with van der Waals surface area (Å²) in [7, 11) is 0. The second kappa shape index (κ2) is 10.4. The Kier molecular flexibility index (Phi) is 9.88. The van der Waals surface area contributed by atoms with Crippen molar-refractivity contribution in [1.29, 1.82) is 0 Å². The molecule has 0 aromatic heterocycles. The van der Waals surface area contributed by atoms with E-state index < -0.39 is 0 Å². The minimum Gasteiger partial charge on any atom is -0.134 e. The van der Waals surface area contributed by atoms with Gasteiger partial charge in [0, 0.05) is 5.75 Å². The molecule has 1 aliphatic heterocycles. The summed E-state index contributed by atoms with van der Waals surface area (Å²) in [5.41, 5.74) is 1.32. The lowest BCUT2D eigenvalue weighted by Gasteiger charge is -1.82. The van der Waals surface area contributed by atoms with Crippen LogP contribution in [0.2, 0.25) is 0 Å². The molecule has 1 aromatic rings. The predicted molar refractivity (Wildman–Crippen MR) is 68.7 cm³/mol. The Bertz CT molecular complexity index is 220. The molecule has 0 fully saturated rings. The summed E-state index contributed by atoms with van der Waals surface area (Å²) in [6.07, 6.45) is 3.48. The maximum absolute atomic E-state index is 2.20. The second-order valence-electron chi connectivity index (χ2n) is 2.69. The fraction of sp³-hybridized carbons (Fsp3) is 0.385. The van der Waals surface area contributed by atoms with Gasteiger partial charge in [-0.2, -0.15) is 0 Å². The third-order valence-electron chi connectivity index (χ3n) is 1.54. The van der Waals surface area contributed by atoms with Crippen LogP contribution in [-0.2, 0) is 0 Å². The van der Waals surface area contributed by atoms with Crippen molar-refractivity contribution in [3.63, 3.8) is 0 Å². The molecule has 0 aliphatic carbocycles. The molecule has 0 nitrogen and oxygen atoms in total. The Hall–Kier alpha value is -0.690. The highest BCUT2D eigenvalue weighted by Gasteiger charge is 1.85. The quantitative estimate of drug-likeness (QED) is 0.597. The summed E-state index contributed by atoms with van der Waals surface area (Å²) >= 11 is 1.89. The van der Waals surface area contributed by atoms with E-state index >= 15 is 0 Å². The average Bonchev–Trinajstić information content (AvgIpc) is 2.80. The monoisotopic (exact) mass is 208 g/mol. The summed E-state index contributed by atoms with van der Waals surface area (Å²) in [6, 6.07) is 10.3. The maximum atomic E-state index is 2.20. The molecule has 1 heterocycles. The molecule has 0 saturated heterocycles. The number of aryl methyl sites for hydroxylation is 1. The van der Waals surface area contributed by atoms with Gasteiger partial charge in [-0.3, -0.25) is 0 Å². The molecule has 0 spiro atoms. The topological polar surface area (TPSA) is 0 Å². The van der Waals surface area contributed by atoms with Crippen molar-refractivity contribution >= 4 is 11.8 Å². The lowest BCUT2D eigenvalue weighted by atomic mass is 10.2. The van der Waals surface area contributed by atoms with Crippen molar-refractivity contribution in [2.24, 2.45) is 0 Å². The standard InChI is InChI=1S/C7H8.C4H6S.C2H6/c1-7-5-3-2-4-6-7;1-2-4-5-3-1;1-2/h2-6H,1H3;1,3H,2,4H2;1-2H3. The van der Waals surface area contributed by atoms with E-state index in [-0.39, 0.29) is 0 Å². The molecule has 1 heteroatoms. The van der Waals surface area contributed by atoms with Gasteiger partial charge in [-0.15, -0.1) is 11.8 Å². The van der Waals surface area contributed by atoms with Crippen molar-refractivity contribution in [3.05, 3.63) is 47.4 Å². The third kappa shape index (κ3) is 7.93. The van der Waals surface area contributed by atoms with Crippen LogP contribution in [-0.4, -0.2) is 5.75 Å². The molecule has 0 amide bonds. The first-order chi connectivity index (χ1) is 6.89. The minimum atomic E-state index is 1.28. The first-order valence-corrected chi connectivity index (χ1v) is 6.23. The molecule has 0 radical (unpaired) electrons. The fourth-order valence-electron chi connectivity index (χ4n) is 0.875. The van der Waals surface area contributed by atoms with E-state index in [1.165, 1.54) is 17.7 Å². The van der Waals surface area contributed by atoms with Gasteiger partial charge in [0.15, 0.2) is 0 Å². The highest BCUT2D eigenvalue weighted by Crippen LogP contribution is 2.11. The normalized spacial score (nSPS) is 12.2. The van der Waals surface area contributed by atoms with Crippen LogP contribution in [0.25, 0.3) is 0 Å². The Morgan fingerprint density at radius 1 is 1.07 bits per heavy atom. The highest BCUT2D eigenvalue weighted by molar-refractivity contribution is 8.02. The van der Waals surface area contributed by atoms with Gasteiger partial charge >= 0.3 is 0 Å². The summed E-state index contributed by atoms with van der Waals surface area (Å²) in [5, 5.41) is 2.15. The van der Waals surface area contributed by atoms with Crippen molar-refractivity contribution in [2.45, 2.75) is 27.2 Å². The summed E-state index contributed by atoms with van der Waals surface area (Å²) in [5.74, 6) is 1.31. The van der Waals surface area contributed by atoms with E-state index in [0.717, 1.165) is 0 Å². The van der Waals surface area contributed by atoms with E-state index in [0.29, 0.717) is 0 Å². The molecule has 0 atom stereocenters. The van der Waals surface area contributed by atoms with Gasteiger partial charge in [-0.1, -0.05) is 55.8 Å². The second-order valence-corrected chi connectivity index (χ2v) is 3.70. The maximum Gasteiger partial charge on any atom is 0.000884 e. The zero-order valence-electron chi connectivity index (χ0n) is 9.36. The smallest absolute Gasteiger partial charge is 0.000884 e. The Balaban J connectivity index is 0.000000213. The predicted octanol–water partition coefficient (Wildman–Crippen LogP) is 4.66. The highest BCUT2D eigenvalue weighted by atomic mass is 32.2. The molecule has 0 bridgehead atoms. The van der Waals surface area contributed by atoms with Gasteiger partial charge in [0.2, 0.25) is 0 Å². The van der Waals surface area contributed by atoms with Crippen molar-refractivity contribution in [3.8, 4) is 0 Å². The summed E-state index contributed by atoms with van der Waals surface area (Å²) < 4.78 is 0. The van der Waals surface area contributed by atoms with Gasteiger partial charge in [-0.05, 0) is 18.8 Å². The average molecular weight is 208 g/mol. The van der Waals surface area contributed by atoms with Crippen molar-refractivity contribution in [2.75, 3.05) is 5.75 Å². The van der Waals surface area contributed by atoms with Gasteiger partial charge in [-0.25, -0.2) is 0 Å². The molecule has 0 saturated carbocycles. The van der Waals surface area contributed by atoms with E-state index in [1.807, 2.05) is 43.8 Å². The van der Waals surface area contributed by atoms with Crippen LogP contribution in [0.4, 0.5) is 0 Å². The number of allylic oxidation sites excluding steroid dienone is 1. The molecule has 1 aromatic carbocycles. The first kappa shape index (κ1) is 13.3. The SMILES string of the molecule is C1=CSCC1.CC.Cc1ccccc1. The third-order valence-corrected chi connectivity index (χ3v) is 2.39. The van der Waals surface area contributed by atoms with Gasteiger partial charge in [0.25, 0.3) is 0 Å². The lowest BCUT2D eigenvalue weighted by Crippen LogP contribution is -1.62. The van der Waals surface area contributed by atoms with Crippen LogP contribution in [0.1, 0.15) is 25.8 Å². The number of hydrogen-bond donors (Lipinski definition) is 0. The number of rotatable bonds is 0. The molecule has 2 rings (SSSR count). The van der Waals surface area contributed by atoms with Gasteiger partial charge in [0.05, 0.1) is 0 Å². The molecule has 1 aliphatic rings. The Morgan fingerprint density at radius 3 is 1.93 bits per heavy atom. The van der Waals surface area contributed by atoms with E-state index in [2.05, 4.69) is 30.5 Å². The number of benzene rings is 1. The molecule has 0 N–H and O–H groups in total. The zero-order chi connectivity index (χ0) is 10.6. The Morgan fingerprint density at radius 2 is 1.71 bits per heavy atom.